The zero-order valence-corrected chi connectivity index (χ0v) is 31.8. The summed E-state index contributed by atoms with van der Waals surface area (Å²) in [7, 11) is 0. The maximum Gasteiger partial charge on any atom is 0.240 e. The van der Waals surface area contributed by atoms with Crippen LogP contribution in [0.2, 0.25) is 0 Å². The molecule has 0 fully saturated rings. The first kappa shape index (κ1) is 34.6. The first-order valence-corrected chi connectivity index (χ1v) is 19.1. The van der Waals surface area contributed by atoms with Gasteiger partial charge in [-0.2, -0.15) is 9.97 Å². The number of allylic oxidation sites excluding steroid dienone is 2. The Morgan fingerprint density at radius 3 is 1.95 bits per heavy atom. The van der Waals surface area contributed by atoms with Gasteiger partial charge in [0.2, 0.25) is 5.95 Å². The van der Waals surface area contributed by atoms with Crippen molar-refractivity contribution in [2.24, 2.45) is 4.99 Å². The van der Waals surface area contributed by atoms with Crippen molar-refractivity contribution in [3.05, 3.63) is 193 Å². The lowest BCUT2D eigenvalue weighted by molar-refractivity contribution is 0.597. The van der Waals surface area contributed by atoms with Gasteiger partial charge in [-0.25, -0.2) is 4.98 Å². The van der Waals surface area contributed by atoms with Crippen LogP contribution in [0, 0.1) is 6.92 Å². The maximum atomic E-state index is 6.39. The Bertz CT molecular complexity index is 3040. The number of nitrogens with zero attached hydrogens (tertiary/aromatic N) is 7. The van der Waals surface area contributed by atoms with Crippen LogP contribution < -0.4 is 9.80 Å². The van der Waals surface area contributed by atoms with E-state index in [-0.39, 0.29) is 0 Å². The van der Waals surface area contributed by atoms with Crippen LogP contribution in [-0.4, -0.2) is 32.9 Å². The van der Waals surface area contributed by atoms with Gasteiger partial charge in [-0.3, -0.25) is 9.56 Å². The van der Waals surface area contributed by atoms with Gasteiger partial charge in [-0.15, -0.1) is 0 Å². The third-order valence-corrected chi connectivity index (χ3v) is 10.7. The molecule has 8 nitrogen and oxygen atoms in total. The molecule has 0 aliphatic carbocycles. The van der Waals surface area contributed by atoms with Crippen LogP contribution in [0.5, 0.6) is 0 Å². The van der Waals surface area contributed by atoms with Crippen molar-refractivity contribution in [3.8, 4) is 28.7 Å². The standard InChI is InChI=1S/C50H37N7O/c1-4-17-39(46-33(2)38-22-12-16-27-44(38)58-46)34-28-30-36(31-29-34)48-52-47(35-18-7-5-8-19-35)53-50(54-48)57-41-24-13-11-23-40(41)45(51-3)49(57)56-32-55(37-20-9-6-10-21-37)42-25-14-15-26-43(42)56/h4-31H,1,3,32H2,2H3/b39-17-. The second-order valence-corrected chi connectivity index (χ2v) is 14.1. The number of aliphatic imine (C=N–C) groups is 1. The Kier molecular flexibility index (Phi) is 8.57. The second kappa shape index (κ2) is 14.3. The average Bonchev–Trinajstić information content (AvgIpc) is 3.95. The molecule has 0 N–H and O–H groups in total. The SMILES string of the molecule is C=C/C=C(/c1ccc(-c2nc(-c3ccccc3)nc(-n3c(N4CN(c5ccccc5)c5ccccc54)c(N=C)c4ccccc43)n2)cc1)c1oc2ccccc2c1C. The van der Waals surface area contributed by atoms with Crippen LogP contribution in [0.15, 0.2) is 186 Å². The summed E-state index contributed by atoms with van der Waals surface area (Å²) in [6.07, 6.45) is 3.79. The van der Waals surface area contributed by atoms with Gasteiger partial charge >= 0.3 is 0 Å². The third kappa shape index (κ3) is 5.78. The predicted molar refractivity (Wildman–Crippen MR) is 237 cm³/mol. The summed E-state index contributed by atoms with van der Waals surface area (Å²) in [5, 5.41) is 2.03. The molecule has 0 unspecified atom stereocenters. The Hall–Kier alpha value is -7.84. The lowest BCUT2D eigenvalue weighted by Crippen LogP contribution is -2.26. The highest BCUT2D eigenvalue weighted by molar-refractivity contribution is 6.04. The van der Waals surface area contributed by atoms with Crippen LogP contribution >= 0.6 is 0 Å². The van der Waals surface area contributed by atoms with E-state index in [9.17, 15) is 0 Å². The van der Waals surface area contributed by atoms with Gasteiger partial charge in [0.1, 0.15) is 29.5 Å². The molecular formula is C50H37N7O. The van der Waals surface area contributed by atoms with Crippen LogP contribution in [-0.2, 0) is 0 Å². The summed E-state index contributed by atoms with van der Waals surface area (Å²) < 4.78 is 8.50. The van der Waals surface area contributed by atoms with Gasteiger partial charge in [0, 0.05) is 38.7 Å². The Morgan fingerprint density at radius 1 is 0.655 bits per heavy atom. The first-order valence-electron chi connectivity index (χ1n) is 19.1. The number of para-hydroxylation sites is 5. The maximum absolute atomic E-state index is 6.39. The molecule has 0 saturated carbocycles. The van der Waals surface area contributed by atoms with Crippen molar-refractivity contribution in [1.82, 2.24) is 19.5 Å². The van der Waals surface area contributed by atoms with Crippen LogP contribution in [0.3, 0.4) is 0 Å². The van der Waals surface area contributed by atoms with E-state index in [4.69, 9.17) is 19.4 Å². The smallest absolute Gasteiger partial charge is 0.240 e. The highest BCUT2D eigenvalue weighted by Gasteiger charge is 2.34. The zero-order valence-electron chi connectivity index (χ0n) is 31.8. The minimum absolute atomic E-state index is 0.467. The number of furan rings is 1. The minimum Gasteiger partial charge on any atom is -0.456 e. The van der Waals surface area contributed by atoms with Crippen LogP contribution in [0.25, 0.3) is 56.2 Å². The van der Waals surface area contributed by atoms with Gasteiger partial charge in [-0.05, 0) is 55.6 Å². The van der Waals surface area contributed by atoms with Gasteiger partial charge in [-0.1, -0.05) is 140 Å². The van der Waals surface area contributed by atoms with E-state index in [2.05, 4.69) is 131 Å². The van der Waals surface area contributed by atoms with Crippen molar-refractivity contribution in [3.63, 3.8) is 0 Å². The molecule has 0 atom stereocenters. The van der Waals surface area contributed by atoms with E-state index >= 15 is 0 Å². The number of hydrogen-bond donors (Lipinski definition) is 0. The van der Waals surface area contributed by atoms with Crippen molar-refractivity contribution < 1.29 is 4.42 Å². The van der Waals surface area contributed by atoms with Crippen molar-refractivity contribution in [2.45, 2.75) is 6.92 Å². The van der Waals surface area contributed by atoms with E-state index in [1.165, 1.54) is 0 Å². The highest BCUT2D eigenvalue weighted by atomic mass is 16.3. The van der Waals surface area contributed by atoms with Crippen molar-refractivity contribution in [2.75, 3.05) is 16.5 Å². The lowest BCUT2D eigenvalue weighted by Gasteiger charge is -2.24. The number of rotatable bonds is 9. The fourth-order valence-electron chi connectivity index (χ4n) is 8.00. The van der Waals surface area contributed by atoms with E-state index < -0.39 is 0 Å². The molecule has 278 valence electrons. The lowest BCUT2D eigenvalue weighted by atomic mass is 9.98. The normalized spacial score (nSPS) is 12.7. The number of aromatic nitrogens is 4. The molecule has 58 heavy (non-hydrogen) atoms. The highest BCUT2D eigenvalue weighted by Crippen LogP contribution is 2.50. The molecule has 0 amide bonds. The summed E-state index contributed by atoms with van der Waals surface area (Å²) in [6, 6.07) is 53.5. The third-order valence-electron chi connectivity index (χ3n) is 10.7. The molecule has 9 aromatic rings. The van der Waals surface area contributed by atoms with Crippen LogP contribution in [0.1, 0.15) is 16.9 Å². The van der Waals surface area contributed by atoms with E-state index in [0.717, 1.165) is 84.0 Å². The quantitative estimate of drug-likeness (QED) is 0.108. The summed E-state index contributed by atoms with van der Waals surface area (Å²) in [5.74, 6) is 3.19. The molecule has 1 aliphatic rings. The van der Waals surface area contributed by atoms with Crippen molar-refractivity contribution >= 4 is 62.7 Å². The summed E-state index contributed by atoms with van der Waals surface area (Å²) >= 11 is 0. The molecule has 4 heterocycles. The summed E-state index contributed by atoms with van der Waals surface area (Å²) in [5.41, 5.74) is 10.4. The average molecular weight is 752 g/mol. The summed E-state index contributed by atoms with van der Waals surface area (Å²) in [4.78, 5) is 24.8. The Morgan fingerprint density at radius 2 is 1.26 bits per heavy atom. The molecule has 0 radical (unpaired) electrons. The first-order chi connectivity index (χ1) is 28.6. The van der Waals surface area contributed by atoms with Gasteiger partial charge in [0.15, 0.2) is 11.6 Å². The number of fused-ring (bicyclic) bond motifs is 3. The van der Waals surface area contributed by atoms with Crippen LogP contribution in [0.4, 0.5) is 28.6 Å². The Labute approximate surface area is 336 Å². The fourth-order valence-corrected chi connectivity index (χ4v) is 8.00. The van der Waals surface area contributed by atoms with E-state index in [0.29, 0.717) is 24.3 Å². The van der Waals surface area contributed by atoms with E-state index in [1.807, 2.05) is 72.8 Å². The molecule has 0 saturated heterocycles. The molecule has 0 spiro atoms. The largest absolute Gasteiger partial charge is 0.456 e. The van der Waals surface area contributed by atoms with Gasteiger partial charge < -0.3 is 14.2 Å². The number of anilines is 4. The molecule has 10 rings (SSSR count). The van der Waals surface area contributed by atoms with Gasteiger partial charge in [0.05, 0.1) is 16.9 Å². The second-order valence-electron chi connectivity index (χ2n) is 14.1. The van der Waals surface area contributed by atoms with Crippen molar-refractivity contribution in [1.29, 1.82) is 0 Å². The molecule has 6 aromatic carbocycles. The Balaban J connectivity index is 1.15. The fraction of sp³-hybridized carbons (Fsp3) is 0.0400. The summed E-state index contributed by atoms with van der Waals surface area (Å²) in [6.45, 7) is 10.7. The van der Waals surface area contributed by atoms with Gasteiger partial charge in [0.25, 0.3) is 0 Å². The molecule has 3 aromatic heterocycles. The van der Waals surface area contributed by atoms with E-state index in [1.54, 1.807) is 6.08 Å². The molecular weight excluding hydrogens is 715 g/mol. The molecule has 8 heteroatoms. The monoisotopic (exact) mass is 751 g/mol. The molecule has 1 aliphatic heterocycles. The topological polar surface area (TPSA) is 75.6 Å². The number of aryl methyl sites for hydroxylation is 1. The number of benzene rings is 6. The minimum atomic E-state index is 0.467. The number of hydrogen-bond acceptors (Lipinski definition) is 7. The zero-order chi connectivity index (χ0) is 39.2. The predicted octanol–water partition coefficient (Wildman–Crippen LogP) is 12.4. The molecule has 0 bridgehead atoms.